The second-order valence-electron chi connectivity index (χ2n) is 11.8. The summed E-state index contributed by atoms with van der Waals surface area (Å²) >= 11 is 0. The Morgan fingerprint density at radius 1 is 0.739 bits per heavy atom. The zero-order valence-electron chi connectivity index (χ0n) is 27.0. The molecule has 0 fully saturated rings. The molecule has 0 aliphatic heterocycles. The lowest BCUT2D eigenvalue weighted by molar-refractivity contribution is -0.148. The molecule has 3 rings (SSSR count). The summed E-state index contributed by atoms with van der Waals surface area (Å²) in [6.07, 6.45) is 3.78. The maximum absolute atomic E-state index is 13.1. The molecule has 0 aliphatic carbocycles. The molecule has 0 bridgehead atoms. The van der Waals surface area contributed by atoms with Crippen LogP contribution in [0.2, 0.25) is 0 Å². The smallest absolute Gasteiger partial charge is 0.408 e. The Hall–Kier alpha value is -4.92. The van der Waals surface area contributed by atoms with E-state index in [1.54, 1.807) is 45.0 Å². The van der Waals surface area contributed by atoms with Gasteiger partial charge in [0.05, 0.1) is 0 Å². The predicted octanol–water partition coefficient (Wildman–Crippen LogP) is 6.30. The van der Waals surface area contributed by atoms with Crippen LogP contribution in [0.4, 0.5) is 4.79 Å². The summed E-state index contributed by atoms with van der Waals surface area (Å²) in [6, 6.07) is 24.4. The van der Waals surface area contributed by atoms with Crippen molar-refractivity contribution < 1.29 is 33.4 Å². The Balaban J connectivity index is 1.77. The van der Waals surface area contributed by atoms with E-state index in [2.05, 4.69) is 17.6 Å². The molecule has 0 radical (unpaired) electrons. The number of hydrogen-bond donors (Lipinski definition) is 2. The van der Waals surface area contributed by atoms with E-state index in [1.165, 1.54) is 6.08 Å². The average molecular weight is 629 g/mol. The molecule has 9 nitrogen and oxygen atoms in total. The Kier molecular flexibility index (Phi) is 14.0. The van der Waals surface area contributed by atoms with Crippen molar-refractivity contribution in [1.82, 2.24) is 10.6 Å². The number of carbonyl (C=O) groups is 4. The van der Waals surface area contributed by atoms with E-state index in [9.17, 15) is 19.2 Å². The van der Waals surface area contributed by atoms with Crippen molar-refractivity contribution in [1.29, 1.82) is 0 Å². The van der Waals surface area contributed by atoms with Gasteiger partial charge < -0.3 is 24.8 Å². The molecule has 46 heavy (non-hydrogen) atoms. The molecular weight excluding hydrogens is 584 g/mol. The van der Waals surface area contributed by atoms with Gasteiger partial charge in [-0.05, 0) is 55.5 Å². The van der Waals surface area contributed by atoms with Crippen molar-refractivity contribution in [2.75, 3.05) is 6.54 Å². The topological polar surface area (TPSA) is 120 Å². The van der Waals surface area contributed by atoms with Crippen molar-refractivity contribution in [3.63, 3.8) is 0 Å². The number of amides is 2. The third-order valence-corrected chi connectivity index (χ3v) is 6.68. The van der Waals surface area contributed by atoms with Crippen LogP contribution >= 0.6 is 0 Å². The van der Waals surface area contributed by atoms with E-state index < -0.39 is 29.7 Å². The van der Waals surface area contributed by atoms with E-state index in [-0.39, 0.29) is 31.1 Å². The quantitative estimate of drug-likeness (QED) is 0.0506. The Bertz CT molecular complexity index is 1390. The van der Waals surface area contributed by atoms with Crippen molar-refractivity contribution in [3.8, 4) is 0 Å². The lowest BCUT2D eigenvalue weighted by Crippen LogP contribution is -2.49. The fourth-order valence-electron chi connectivity index (χ4n) is 4.32. The van der Waals surface area contributed by atoms with Crippen LogP contribution in [0.25, 0.3) is 6.08 Å². The summed E-state index contributed by atoms with van der Waals surface area (Å²) in [5.41, 5.74) is 1.88. The number of carbonyl (C=O) groups excluding carboxylic acids is 4. The SMILES string of the molecule is CCCCCNC(=O)C(Cc1ccc(C=C(C(=O)OCc2ccccc2)C(=O)OCc2ccccc2)cc1)NC(=O)OC(C)(C)C. The second-order valence-corrected chi connectivity index (χ2v) is 11.8. The highest BCUT2D eigenvalue weighted by Gasteiger charge is 2.25. The van der Waals surface area contributed by atoms with E-state index in [1.807, 2.05) is 60.7 Å². The molecule has 2 amide bonds. The largest absolute Gasteiger partial charge is 0.457 e. The van der Waals surface area contributed by atoms with Crippen molar-refractivity contribution in [2.45, 2.75) is 78.2 Å². The number of ether oxygens (including phenoxy) is 3. The van der Waals surface area contributed by atoms with Crippen LogP contribution in [-0.4, -0.2) is 42.1 Å². The first-order valence-corrected chi connectivity index (χ1v) is 15.5. The number of unbranched alkanes of at least 4 members (excludes halogenated alkanes) is 2. The van der Waals surface area contributed by atoms with Gasteiger partial charge in [-0.15, -0.1) is 0 Å². The highest BCUT2D eigenvalue weighted by molar-refractivity contribution is 6.17. The zero-order valence-corrected chi connectivity index (χ0v) is 27.0. The molecule has 0 aromatic heterocycles. The lowest BCUT2D eigenvalue weighted by Gasteiger charge is -2.23. The molecule has 1 unspecified atom stereocenters. The second kappa shape index (κ2) is 18.1. The third kappa shape index (κ3) is 13.0. The maximum Gasteiger partial charge on any atom is 0.408 e. The summed E-state index contributed by atoms with van der Waals surface area (Å²) in [5.74, 6) is -1.93. The number of alkyl carbamates (subject to hydrolysis) is 1. The van der Waals surface area contributed by atoms with Gasteiger partial charge in [0.1, 0.15) is 30.4 Å². The molecule has 2 N–H and O–H groups in total. The fraction of sp³-hybridized carbons (Fsp3) is 0.351. The van der Waals surface area contributed by atoms with E-state index in [0.29, 0.717) is 12.1 Å². The van der Waals surface area contributed by atoms with Gasteiger partial charge in [-0.1, -0.05) is 105 Å². The molecule has 0 aliphatic rings. The van der Waals surface area contributed by atoms with Gasteiger partial charge in [-0.25, -0.2) is 14.4 Å². The average Bonchev–Trinajstić information content (AvgIpc) is 3.03. The number of benzene rings is 3. The van der Waals surface area contributed by atoms with Gasteiger partial charge in [-0.3, -0.25) is 4.79 Å². The van der Waals surface area contributed by atoms with Gasteiger partial charge in [-0.2, -0.15) is 0 Å². The molecule has 3 aromatic carbocycles. The Morgan fingerprint density at radius 3 is 1.78 bits per heavy atom. The molecule has 0 saturated carbocycles. The van der Waals surface area contributed by atoms with Crippen LogP contribution in [-0.2, 0) is 48.2 Å². The van der Waals surface area contributed by atoms with E-state index >= 15 is 0 Å². The summed E-state index contributed by atoms with van der Waals surface area (Å²) < 4.78 is 16.3. The van der Waals surface area contributed by atoms with Crippen LogP contribution in [0.5, 0.6) is 0 Å². The molecule has 0 heterocycles. The van der Waals surface area contributed by atoms with Gasteiger partial charge in [0.25, 0.3) is 0 Å². The molecule has 244 valence electrons. The predicted molar refractivity (Wildman–Crippen MR) is 176 cm³/mol. The van der Waals surface area contributed by atoms with Crippen molar-refractivity contribution >= 4 is 30.0 Å². The standard InChI is InChI=1S/C37H44N2O7/c1-5-6-13-22-38-33(40)32(39-36(43)46-37(2,3)4)24-28-20-18-27(19-21-28)23-31(34(41)44-25-29-14-9-7-10-15-29)35(42)45-26-30-16-11-8-12-17-30/h7-12,14-21,23,32H,5-6,13,22,24-26H2,1-4H3,(H,38,40)(H,39,43). The summed E-state index contributed by atoms with van der Waals surface area (Å²) in [7, 11) is 0. The van der Waals surface area contributed by atoms with Crippen molar-refractivity contribution in [2.24, 2.45) is 0 Å². The van der Waals surface area contributed by atoms with Gasteiger partial charge in [0.2, 0.25) is 5.91 Å². The Labute approximate surface area is 271 Å². The first kappa shape index (κ1) is 35.6. The molecule has 1 atom stereocenters. The minimum Gasteiger partial charge on any atom is -0.457 e. The zero-order chi connectivity index (χ0) is 33.4. The minimum absolute atomic E-state index is 0.00549. The molecular formula is C37H44N2O7. The number of esters is 2. The van der Waals surface area contributed by atoms with Crippen LogP contribution < -0.4 is 10.6 Å². The maximum atomic E-state index is 13.1. The van der Waals surface area contributed by atoms with Crippen molar-refractivity contribution in [3.05, 3.63) is 113 Å². The van der Waals surface area contributed by atoms with Crippen LogP contribution in [0, 0.1) is 0 Å². The highest BCUT2D eigenvalue weighted by Crippen LogP contribution is 2.16. The molecule has 0 spiro atoms. The number of hydrogen-bond acceptors (Lipinski definition) is 7. The Morgan fingerprint density at radius 2 is 1.28 bits per heavy atom. The number of rotatable bonds is 15. The van der Waals surface area contributed by atoms with Gasteiger partial charge in [0.15, 0.2) is 0 Å². The first-order chi connectivity index (χ1) is 22.0. The summed E-state index contributed by atoms with van der Waals surface area (Å²) in [4.78, 5) is 51.7. The fourth-order valence-corrected chi connectivity index (χ4v) is 4.32. The summed E-state index contributed by atoms with van der Waals surface area (Å²) in [5, 5.41) is 5.58. The first-order valence-electron chi connectivity index (χ1n) is 15.5. The minimum atomic E-state index is -0.866. The highest BCUT2D eigenvalue weighted by atomic mass is 16.6. The van der Waals surface area contributed by atoms with Crippen LogP contribution in [0.1, 0.15) is 69.2 Å². The van der Waals surface area contributed by atoms with Gasteiger partial charge >= 0.3 is 18.0 Å². The van der Waals surface area contributed by atoms with E-state index in [4.69, 9.17) is 14.2 Å². The molecule has 0 saturated heterocycles. The third-order valence-electron chi connectivity index (χ3n) is 6.68. The summed E-state index contributed by atoms with van der Waals surface area (Å²) in [6.45, 7) is 7.83. The van der Waals surface area contributed by atoms with Crippen LogP contribution in [0.3, 0.4) is 0 Å². The molecule has 9 heteroatoms. The number of nitrogens with one attached hydrogen (secondary N) is 2. The normalized spacial score (nSPS) is 11.5. The lowest BCUT2D eigenvalue weighted by atomic mass is 10.0. The van der Waals surface area contributed by atoms with Gasteiger partial charge in [0, 0.05) is 13.0 Å². The monoisotopic (exact) mass is 628 g/mol. The molecule has 3 aromatic rings. The van der Waals surface area contributed by atoms with E-state index in [0.717, 1.165) is 36.0 Å². The van der Waals surface area contributed by atoms with Crippen LogP contribution in [0.15, 0.2) is 90.5 Å².